The molecule has 5 rings (SSSR count). The van der Waals surface area contributed by atoms with Crippen molar-refractivity contribution in [3.63, 3.8) is 0 Å². The Morgan fingerprint density at radius 2 is 2.13 bits per heavy atom. The number of nitrogens with zero attached hydrogens (tertiary/aromatic N) is 4. The minimum absolute atomic E-state index is 0.0563. The summed E-state index contributed by atoms with van der Waals surface area (Å²) in [4.78, 5) is 39.1. The summed E-state index contributed by atoms with van der Waals surface area (Å²) in [5.74, 6) is 0.875. The molecule has 0 bridgehead atoms. The van der Waals surface area contributed by atoms with Crippen molar-refractivity contribution in [2.24, 2.45) is 0 Å². The maximum atomic E-state index is 12.6. The molecule has 2 atom stereocenters. The molecule has 0 aliphatic carbocycles. The normalized spacial score (nSPS) is 20.5. The van der Waals surface area contributed by atoms with E-state index in [-0.39, 0.29) is 23.7 Å². The van der Waals surface area contributed by atoms with Crippen molar-refractivity contribution in [3.05, 3.63) is 46.5 Å². The fourth-order valence-corrected chi connectivity index (χ4v) is 4.36. The van der Waals surface area contributed by atoms with E-state index in [0.717, 1.165) is 25.9 Å². The second kappa shape index (κ2) is 7.56. The molecule has 0 spiro atoms. The molecule has 2 N–H and O–H groups in total. The van der Waals surface area contributed by atoms with Gasteiger partial charge in [0.1, 0.15) is 11.6 Å². The second-order valence-corrected chi connectivity index (χ2v) is 7.77. The number of carbonyl (C=O) groups excluding carboxylic acids is 1. The highest BCUT2D eigenvalue weighted by Crippen LogP contribution is 2.28. The van der Waals surface area contributed by atoms with Gasteiger partial charge in [-0.15, -0.1) is 0 Å². The van der Waals surface area contributed by atoms with Crippen LogP contribution in [-0.4, -0.2) is 57.3 Å². The Morgan fingerprint density at radius 3 is 2.97 bits per heavy atom. The summed E-state index contributed by atoms with van der Waals surface area (Å²) in [6, 6.07) is 7.09. The van der Waals surface area contributed by atoms with Crippen LogP contribution in [-0.2, 0) is 4.74 Å². The van der Waals surface area contributed by atoms with Crippen molar-refractivity contribution in [2.45, 2.75) is 38.3 Å². The van der Waals surface area contributed by atoms with Crippen LogP contribution in [0.15, 0.2) is 35.3 Å². The van der Waals surface area contributed by atoms with Gasteiger partial charge < -0.3 is 15.0 Å². The molecule has 1 saturated heterocycles. The van der Waals surface area contributed by atoms with E-state index in [1.54, 1.807) is 24.4 Å². The van der Waals surface area contributed by atoms with Crippen molar-refractivity contribution in [2.75, 3.05) is 24.6 Å². The van der Waals surface area contributed by atoms with Crippen LogP contribution in [0.3, 0.4) is 0 Å². The lowest BCUT2D eigenvalue weighted by Gasteiger charge is -2.37. The molecule has 9 nitrogen and oxygen atoms in total. The van der Waals surface area contributed by atoms with Gasteiger partial charge in [-0.25, -0.2) is 19.3 Å². The number of anilines is 1. The number of hydrogen-bond donors (Lipinski definition) is 2. The molecule has 9 heteroatoms. The molecule has 5 heterocycles. The lowest BCUT2D eigenvalue weighted by Crippen LogP contribution is -2.46. The number of fused-ring (bicyclic) bond motifs is 2. The average Bonchev–Trinajstić information content (AvgIpc) is 3.02. The fraction of sp³-hybridized carbons (Fsp3) is 0.429. The van der Waals surface area contributed by atoms with Gasteiger partial charge in [-0.1, -0.05) is 0 Å². The number of ether oxygens (including phenoxy) is 1. The van der Waals surface area contributed by atoms with Gasteiger partial charge in [0.25, 0.3) is 5.91 Å². The Balaban J connectivity index is 1.62. The Kier molecular flexibility index (Phi) is 4.74. The van der Waals surface area contributed by atoms with E-state index in [0.29, 0.717) is 41.5 Å². The van der Waals surface area contributed by atoms with Gasteiger partial charge in [-0.05, 0) is 50.5 Å². The van der Waals surface area contributed by atoms with Gasteiger partial charge in [0.15, 0.2) is 5.65 Å². The van der Waals surface area contributed by atoms with Crippen LogP contribution in [0, 0.1) is 0 Å². The summed E-state index contributed by atoms with van der Waals surface area (Å²) in [6.45, 7) is 4.03. The number of pyridine rings is 2. The maximum Gasteiger partial charge on any atom is 0.333 e. The number of nitrogens with one attached hydrogen (secondary N) is 2. The summed E-state index contributed by atoms with van der Waals surface area (Å²) in [6.07, 6.45) is 4.93. The number of carbonyl (C=O) groups is 1. The molecular weight excluding hydrogens is 384 g/mol. The summed E-state index contributed by atoms with van der Waals surface area (Å²) >= 11 is 0. The van der Waals surface area contributed by atoms with Gasteiger partial charge in [0.2, 0.25) is 0 Å². The molecule has 2 aliphatic rings. The first-order chi connectivity index (χ1) is 14.6. The van der Waals surface area contributed by atoms with E-state index in [1.165, 1.54) is 4.57 Å². The second-order valence-electron chi connectivity index (χ2n) is 7.77. The molecule has 2 aliphatic heterocycles. The molecule has 156 valence electrons. The van der Waals surface area contributed by atoms with Crippen LogP contribution >= 0.6 is 0 Å². The molecule has 0 unspecified atom stereocenters. The van der Waals surface area contributed by atoms with Crippen LogP contribution in [0.1, 0.15) is 36.5 Å². The van der Waals surface area contributed by atoms with E-state index >= 15 is 0 Å². The van der Waals surface area contributed by atoms with Gasteiger partial charge in [0.05, 0.1) is 23.2 Å². The molecular formula is C21H24N6O3. The molecule has 0 aromatic carbocycles. The van der Waals surface area contributed by atoms with E-state index in [4.69, 9.17) is 9.72 Å². The van der Waals surface area contributed by atoms with Gasteiger partial charge in [0, 0.05) is 25.9 Å². The third-order valence-electron chi connectivity index (χ3n) is 5.94. The van der Waals surface area contributed by atoms with E-state index in [2.05, 4.69) is 27.1 Å². The Bertz CT molecular complexity index is 1150. The summed E-state index contributed by atoms with van der Waals surface area (Å²) in [7, 11) is 0. The smallest absolute Gasteiger partial charge is 0.333 e. The lowest BCUT2D eigenvalue weighted by molar-refractivity contribution is 0.00228. The van der Waals surface area contributed by atoms with Crippen molar-refractivity contribution < 1.29 is 9.53 Å². The highest BCUT2D eigenvalue weighted by molar-refractivity contribution is 5.99. The van der Waals surface area contributed by atoms with Crippen LogP contribution in [0.4, 0.5) is 5.82 Å². The summed E-state index contributed by atoms with van der Waals surface area (Å²) < 4.78 is 7.50. The third kappa shape index (κ3) is 3.15. The van der Waals surface area contributed by atoms with E-state index < -0.39 is 0 Å². The van der Waals surface area contributed by atoms with Crippen molar-refractivity contribution in [3.8, 4) is 5.82 Å². The molecule has 3 aromatic rings. The maximum absolute atomic E-state index is 12.6. The van der Waals surface area contributed by atoms with Crippen molar-refractivity contribution in [1.82, 2.24) is 24.8 Å². The predicted octanol–water partition coefficient (Wildman–Crippen LogP) is 1.62. The number of rotatable bonds is 3. The number of hydrogen-bond acceptors (Lipinski definition) is 6. The average molecular weight is 408 g/mol. The van der Waals surface area contributed by atoms with Crippen LogP contribution < -0.4 is 15.9 Å². The number of H-pyrrole nitrogens is 1. The zero-order chi connectivity index (χ0) is 20.7. The monoisotopic (exact) mass is 408 g/mol. The minimum atomic E-state index is -0.315. The predicted molar refractivity (Wildman–Crippen MR) is 112 cm³/mol. The largest absolute Gasteiger partial charge is 0.376 e. The Morgan fingerprint density at radius 1 is 1.23 bits per heavy atom. The molecule has 0 saturated carbocycles. The van der Waals surface area contributed by atoms with E-state index in [9.17, 15) is 9.59 Å². The van der Waals surface area contributed by atoms with Gasteiger partial charge >= 0.3 is 5.69 Å². The first-order valence-electron chi connectivity index (χ1n) is 10.4. The van der Waals surface area contributed by atoms with Crippen LogP contribution in [0.25, 0.3) is 17.0 Å². The van der Waals surface area contributed by atoms with Gasteiger partial charge in [-0.2, -0.15) is 0 Å². The van der Waals surface area contributed by atoms with Crippen LogP contribution in [0.2, 0.25) is 0 Å². The van der Waals surface area contributed by atoms with E-state index in [1.807, 2.05) is 6.07 Å². The lowest BCUT2D eigenvalue weighted by atomic mass is 10.0. The fourth-order valence-electron chi connectivity index (χ4n) is 4.36. The zero-order valence-corrected chi connectivity index (χ0v) is 16.8. The number of aromatic amines is 1. The number of imidazole rings is 1. The quantitative estimate of drug-likeness (QED) is 0.682. The van der Waals surface area contributed by atoms with Crippen molar-refractivity contribution in [1.29, 1.82) is 0 Å². The van der Waals surface area contributed by atoms with Gasteiger partial charge in [-0.3, -0.25) is 9.78 Å². The minimum Gasteiger partial charge on any atom is -0.376 e. The highest BCUT2D eigenvalue weighted by atomic mass is 16.5. The molecule has 3 aromatic heterocycles. The first-order valence-corrected chi connectivity index (χ1v) is 10.4. The molecule has 30 heavy (non-hydrogen) atoms. The molecule has 1 amide bonds. The molecule has 1 fully saturated rings. The van der Waals surface area contributed by atoms with Crippen molar-refractivity contribution >= 4 is 22.9 Å². The summed E-state index contributed by atoms with van der Waals surface area (Å²) in [5, 5.41) is 2.94. The molecule has 0 radical (unpaired) electrons. The van der Waals surface area contributed by atoms with Crippen LogP contribution in [0.5, 0.6) is 0 Å². The topological polar surface area (TPSA) is 105 Å². The summed E-state index contributed by atoms with van der Waals surface area (Å²) in [5.41, 5.74) is 1.33. The standard InChI is InChI=1S/C21H24N6O3/c1-13(16-6-2-3-12-30-16)26-11-10-23-20(28)14-7-8-17(24-19(14)26)27-15-5-4-9-22-18(15)25-21(27)29/h4-5,7-9,13,16H,2-3,6,10-12H2,1H3,(H,23,28)(H,22,25,29)/t13-,16-/m1/s1. The highest BCUT2D eigenvalue weighted by Gasteiger charge is 2.31. The third-order valence-corrected chi connectivity index (χ3v) is 5.94. The SMILES string of the molecule is C[C@H]([C@H]1CCCCO1)N1CCNC(=O)c2ccc(-n3c(=O)[nH]c4ncccc43)nc21. The number of amides is 1. The Labute approximate surface area is 173 Å². The Hall–Kier alpha value is -3.20. The first kappa shape index (κ1) is 18.8. The zero-order valence-electron chi connectivity index (χ0n) is 16.8. The number of aromatic nitrogens is 4.